The Bertz CT molecular complexity index is 610. The summed E-state index contributed by atoms with van der Waals surface area (Å²) >= 11 is 0. The topological polar surface area (TPSA) is 114 Å². The van der Waals surface area contributed by atoms with Crippen LogP contribution in [0.2, 0.25) is 0 Å². The van der Waals surface area contributed by atoms with Gasteiger partial charge in [0.25, 0.3) is 5.91 Å². The van der Waals surface area contributed by atoms with Gasteiger partial charge in [-0.25, -0.2) is 4.79 Å². The van der Waals surface area contributed by atoms with Gasteiger partial charge in [0.05, 0.1) is 6.42 Å². The normalized spacial score (nSPS) is 30.0. The summed E-state index contributed by atoms with van der Waals surface area (Å²) in [7, 11) is 0. The Morgan fingerprint density at radius 2 is 1.57 bits per heavy atom. The Morgan fingerprint density at radius 1 is 1.00 bits per heavy atom. The predicted octanol–water partition coefficient (Wildman–Crippen LogP) is 1.49. The maximum Gasteiger partial charge on any atom is 0.321 e. The molecule has 4 aliphatic carbocycles. The Labute approximate surface area is 165 Å². The van der Waals surface area contributed by atoms with E-state index in [1.807, 2.05) is 0 Å². The van der Waals surface area contributed by atoms with Gasteiger partial charge in [0, 0.05) is 18.0 Å². The molecular weight excluding hydrogens is 362 g/mol. The van der Waals surface area contributed by atoms with Gasteiger partial charge in [-0.3, -0.25) is 19.7 Å². The third-order valence-corrected chi connectivity index (χ3v) is 6.17. The van der Waals surface area contributed by atoms with Crippen LogP contribution in [0, 0.1) is 23.2 Å². The van der Waals surface area contributed by atoms with Crippen molar-refractivity contribution in [2.45, 2.75) is 64.8 Å². The lowest BCUT2D eigenvalue weighted by molar-refractivity contribution is -0.149. The maximum atomic E-state index is 12.8. The number of nitrogens with one attached hydrogen (secondary N) is 3. The quantitative estimate of drug-likeness (QED) is 0.567. The van der Waals surface area contributed by atoms with Crippen molar-refractivity contribution in [2.24, 2.45) is 23.2 Å². The van der Waals surface area contributed by atoms with Crippen LogP contribution in [0.3, 0.4) is 0 Å². The molecule has 0 aromatic heterocycles. The summed E-state index contributed by atoms with van der Waals surface area (Å²) in [6, 6.07) is -0.730. The molecule has 0 radical (unpaired) electrons. The Balaban J connectivity index is 1.34. The van der Waals surface area contributed by atoms with Crippen LogP contribution in [0.5, 0.6) is 0 Å². The molecule has 0 aromatic carbocycles. The summed E-state index contributed by atoms with van der Waals surface area (Å²) in [6.45, 7) is 3.21. The van der Waals surface area contributed by atoms with Crippen molar-refractivity contribution in [2.75, 3.05) is 13.2 Å². The molecule has 8 heteroatoms. The van der Waals surface area contributed by atoms with Crippen molar-refractivity contribution in [1.29, 1.82) is 0 Å². The molecule has 0 aromatic rings. The van der Waals surface area contributed by atoms with E-state index in [1.54, 1.807) is 13.8 Å². The van der Waals surface area contributed by atoms with Gasteiger partial charge >= 0.3 is 12.0 Å². The Morgan fingerprint density at radius 3 is 2.11 bits per heavy atom. The minimum Gasteiger partial charge on any atom is -0.456 e. The molecule has 0 atom stereocenters. The first-order chi connectivity index (χ1) is 13.3. The number of rotatable bonds is 7. The van der Waals surface area contributed by atoms with E-state index in [0.29, 0.717) is 17.8 Å². The number of hydrogen-bond acceptors (Lipinski definition) is 5. The van der Waals surface area contributed by atoms with Crippen molar-refractivity contribution in [3.8, 4) is 0 Å². The van der Waals surface area contributed by atoms with Crippen LogP contribution < -0.4 is 16.0 Å². The third-order valence-electron chi connectivity index (χ3n) is 6.17. The molecule has 8 nitrogen and oxygen atoms in total. The lowest BCUT2D eigenvalue weighted by Gasteiger charge is -2.55. The van der Waals surface area contributed by atoms with E-state index in [4.69, 9.17) is 4.74 Å². The van der Waals surface area contributed by atoms with E-state index < -0.39 is 24.5 Å². The summed E-state index contributed by atoms with van der Waals surface area (Å²) in [5.41, 5.74) is -0.234. The largest absolute Gasteiger partial charge is 0.456 e. The summed E-state index contributed by atoms with van der Waals surface area (Å²) in [4.78, 5) is 47.5. The lowest BCUT2D eigenvalue weighted by Crippen LogP contribution is -2.53. The second-order valence-corrected chi connectivity index (χ2v) is 9.04. The SMILES string of the molecule is CC(C)NC(=O)NC(=O)COC(=O)CCNC(=O)C12CC3CC(CC(C3)C1)C2. The summed E-state index contributed by atoms with van der Waals surface area (Å²) in [5, 5.41) is 7.49. The smallest absolute Gasteiger partial charge is 0.321 e. The zero-order chi connectivity index (χ0) is 20.3. The van der Waals surface area contributed by atoms with Gasteiger partial charge in [-0.2, -0.15) is 0 Å². The first-order valence-corrected chi connectivity index (χ1v) is 10.3. The standard InChI is InChI=1S/C20H31N3O5/c1-12(2)22-19(27)23-16(24)11-28-17(25)3-4-21-18(26)20-8-13-5-14(9-20)7-15(6-13)10-20/h12-15H,3-11H2,1-2H3,(H,21,26)(H2,22,23,24,27). The van der Waals surface area contributed by atoms with Crippen LogP contribution in [0.1, 0.15) is 58.8 Å². The second kappa shape index (κ2) is 8.49. The molecule has 156 valence electrons. The fourth-order valence-electron chi connectivity index (χ4n) is 5.53. The van der Waals surface area contributed by atoms with Gasteiger partial charge in [0.2, 0.25) is 5.91 Å². The zero-order valence-corrected chi connectivity index (χ0v) is 16.7. The minimum absolute atomic E-state index is 0.00355. The number of carbonyl (C=O) groups is 4. The number of hydrogen-bond donors (Lipinski definition) is 3. The number of carbonyl (C=O) groups excluding carboxylic acids is 4. The van der Waals surface area contributed by atoms with E-state index in [-0.39, 0.29) is 30.3 Å². The highest BCUT2D eigenvalue weighted by molar-refractivity contribution is 5.95. The highest BCUT2D eigenvalue weighted by atomic mass is 16.5. The summed E-state index contributed by atoms with van der Waals surface area (Å²) < 4.78 is 4.86. The molecule has 0 spiro atoms. The fourth-order valence-corrected chi connectivity index (χ4v) is 5.53. The minimum atomic E-state index is -0.691. The number of esters is 1. The number of amides is 4. The van der Waals surface area contributed by atoms with Gasteiger partial charge in [0.1, 0.15) is 0 Å². The van der Waals surface area contributed by atoms with Gasteiger partial charge < -0.3 is 15.4 Å². The average Bonchev–Trinajstić information content (AvgIpc) is 2.58. The van der Waals surface area contributed by atoms with Crippen LogP contribution >= 0.6 is 0 Å². The molecule has 4 rings (SSSR count). The average molecular weight is 393 g/mol. The molecule has 0 saturated heterocycles. The van der Waals surface area contributed by atoms with Crippen LogP contribution in [-0.2, 0) is 19.1 Å². The second-order valence-electron chi connectivity index (χ2n) is 9.04. The van der Waals surface area contributed by atoms with E-state index in [1.165, 1.54) is 19.3 Å². The van der Waals surface area contributed by atoms with Crippen LogP contribution in [0.4, 0.5) is 4.79 Å². The fraction of sp³-hybridized carbons (Fsp3) is 0.800. The van der Waals surface area contributed by atoms with Gasteiger partial charge in [-0.1, -0.05) is 0 Å². The molecule has 28 heavy (non-hydrogen) atoms. The molecule has 4 aliphatic rings. The molecule has 3 N–H and O–H groups in total. The first-order valence-electron chi connectivity index (χ1n) is 10.3. The van der Waals surface area contributed by atoms with Gasteiger partial charge in [-0.15, -0.1) is 0 Å². The molecule has 0 unspecified atom stereocenters. The maximum absolute atomic E-state index is 12.8. The first kappa shape index (κ1) is 20.6. The summed E-state index contributed by atoms with van der Waals surface area (Å²) in [5.74, 6) is 0.868. The highest BCUT2D eigenvalue weighted by Gasteiger charge is 2.54. The van der Waals surface area contributed by atoms with E-state index in [9.17, 15) is 19.2 Å². The van der Waals surface area contributed by atoms with E-state index in [0.717, 1.165) is 19.3 Å². The van der Waals surface area contributed by atoms with Crippen molar-refractivity contribution >= 4 is 23.8 Å². The van der Waals surface area contributed by atoms with Crippen LogP contribution in [-0.4, -0.2) is 43.0 Å². The molecule has 0 heterocycles. The molecule has 4 bridgehead atoms. The summed E-state index contributed by atoms with van der Waals surface area (Å²) in [6.07, 6.45) is 6.77. The van der Waals surface area contributed by atoms with Gasteiger partial charge in [-0.05, 0) is 70.1 Å². The predicted molar refractivity (Wildman–Crippen MR) is 101 cm³/mol. The van der Waals surface area contributed by atoms with E-state index in [2.05, 4.69) is 16.0 Å². The molecule has 4 fully saturated rings. The Kier molecular flexibility index (Phi) is 6.25. The number of ether oxygens (including phenoxy) is 1. The van der Waals surface area contributed by atoms with Gasteiger partial charge in [0.15, 0.2) is 6.61 Å². The highest BCUT2D eigenvalue weighted by Crippen LogP contribution is 2.60. The molecular formula is C20H31N3O5. The van der Waals surface area contributed by atoms with Crippen molar-refractivity contribution in [3.05, 3.63) is 0 Å². The van der Waals surface area contributed by atoms with Crippen molar-refractivity contribution in [3.63, 3.8) is 0 Å². The van der Waals surface area contributed by atoms with Crippen molar-refractivity contribution < 1.29 is 23.9 Å². The van der Waals surface area contributed by atoms with E-state index >= 15 is 0 Å². The molecule has 0 aliphatic heterocycles. The third kappa shape index (κ3) is 5.02. The monoisotopic (exact) mass is 393 g/mol. The number of urea groups is 1. The van der Waals surface area contributed by atoms with Crippen LogP contribution in [0.15, 0.2) is 0 Å². The Hall–Kier alpha value is -2.12. The van der Waals surface area contributed by atoms with Crippen molar-refractivity contribution in [1.82, 2.24) is 16.0 Å². The van der Waals surface area contributed by atoms with Crippen LogP contribution in [0.25, 0.3) is 0 Å². The zero-order valence-electron chi connectivity index (χ0n) is 16.7. The molecule has 4 amide bonds. The molecule has 4 saturated carbocycles. The lowest BCUT2D eigenvalue weighted by atomic mass is 9.49. The number of imide groups is 1.